The van der Waals surface area contributed by atoms with Crippen LogP contribution in [0.3, 0.4) is 0 Å². The molecule has 2 fully saturated rings. The van der Waals surface area contributed by atoms with Crippen LogP contribution in [-0.4, -0.2) is 73.3 Å². The molecule has 3 amide bonds. The van der Waals surface area contributed by atoms with Gasteiger partial charge in [-0.2, -0.15) is 0 Å². The SMILES string of the molecule is COC(=O)COc1cc(Br)c(C=C2SC(=O)N(CC(=O)N3CCCC3)C2=O)cc1OC. The van der Waals surface area contributed by atoms with E-state index in [1.807, 2.05) is 0 Å². The summed E-state index contributed by atoms with van der Waals surface area (Å²) in [5, 5.41) is -0.482. The standard InChI is InChI=1S/C20H21BrN2O7S/c1-28-14-7-12(13(21)9-15(14)30-11-18(25)29-2)8-16-19(26)23(20(27)31-16)10-17(24)22-5-3-4-6-22/h7-9H,3-6,10-11H2,1-2H3. The molecule has 2 heterocycles. The lowest BCUT2D eigenvalue weighted by Crippen LogP contribution is -2.40. The van der Waals surface area contributed by atoms with Crippen molar-refractivity contribution in [2.45, 2.75) is 12.8 Å². The Labute approximate surface area is 191 Å². The fourth-order valence-corrected chi connectivity index (χ4v) is 4.37. The topological polar surface area (TPSA) is 102 Å². The number of halogens is 1. The third-order valence-corrected chi connectivity index (χ3v) is 6.36. The highest BCUT2D eigenvalue weighted by Gasteiger charge is 2.37. The molecule has 1 aromatic carbocycles. The fraction of sp³-hybridized carbons (Fsp3) is 0.400. The van der Waals surface area contributed by atoms with Crippen LogP contribution in [0.4, 0.5) is 4.79 Å². The molecule has 0 atom stereocenters. The molecule has 2 aliphatic rings. The summed E-state index contributed by atoms with van der Waals surface area (Å²) >= 11 is 4.18. The lowest BCUT2D eigenvalue weighted by atomic mass is 10.2. The van der Waals surface area contributed by atoms with Crippen molar-refractivity contribution in [1.29, 1.82) is 0 Å². The molecule has 3 rings (SSSR count). The number of carbonyl (C=O) groups is 4. The van der Waals surface area contributed by atoms with E-state index in [1.54, 1.807) is 23.1 Å². The van der Waals surface area contributed by atoms with E-state index >= 15 is 0 Å². The third-order valence-electron chi connectivity index (χ3n) is 4.77. The molecule has 2 saturated heterocycles. The zero-order chi connectivity index (χ0) is 22.5. The van der Waals surface area contributed by atoms with Crippen LogP contribution in [0.1, 0.15) is 18.4 Å². The van der Waals surface area contributed by atoms with Crippen molar-refractivity contribution >= 4 is 56.8 Å². The molecule has 0 radical (unpaired) electrons. The summed E-state index contributed by atoms with van der Waals surface area (Å²) in [6.07, 6.45) is 3.41. The number of imide groups is 1. The van der Waals surface area contributed by atoms with Crippen LogP contribution in [0, 0.1) is 0 Å². The first-order chi connectivity index (χ1) is 14.8. The number of hydrogen-bond donors (Lipinski definition) is 0. The second kappa shape index (κ2) is 10.2. The Bertz CT molecular complexity index is 944. The van der Waals surface area contributed by atoms with Crippen molar-refractivity contribution in [2.24, 2.45) is 0 Å². The molecule has 0 unspecified atom stereocenters. The van der Waals surface area contributed by atoms with Gasteiger partial charge < -0.3 is 19.1 Å². The number of likely N-dealkylation sites (tertiary alicyclic amines) is 1. The van der Waals surface area contributed by atoms with Crippen LogP contribution in [0.15, 0.2) is 21.5 Å². The smallest absolute Gasteiger partial charge is 0.343 e. The van der Waals surface area contributed by atoms with Crippen LogP contribution < -0.4 is 9.47 Å². The van der Waals surface area contributed by atoms with Gasteiger partial charge in [0, 0.05) is 17.6 Å². The summed E-state index contributed by atoms with van der Waals surface area (Å²) in [6.45, 7) is 0.763. The normalized spacial score (nSPS) is 17.5. The summed E-state index contributed by atoms with van der Waals surface area (Å²) in [6, 6.07) is 3.20. The number of methoxy groups -OCH3 is 2. The molecule has 0 N–H and O–H groups in total. The van der Waals surface area contributed by atoms with Crippen molar-refractivity contribution in [3.05, 3.63) is 27.1 Å². The molecule has 9 nitrogen and oxygen atoms in total. The highest BCUT2D eigenvalue weighted by molar-refractivity contribution is 9.10. The molecule has 166 valence electrons. The minimum absolute atomic E-state index is 0.199. The Balaban J connectivity index is 1.77. The maximum atomic E-state index is 12.7. The summed E-state index contributed by atoms with van der Waals surface area (Å²) in [7, 11) is 2.70. The van der Waals surface area contributed by atoms with Crippen LogP contribution >= 0.6 is 27.7 Å². The van der Waals surface area contributed by atoms with Gasteiger partial charge in [-0.25, -0.2) is 4.79 Å². The van der Waals surface area contributed by atoms with Gasteiger partial charge >= 0.3 is 5.97 Å². The number of thioether (sulfide) groups is 1. The van der Waals surface area contributed by atoms with E-state index in [4.69, 9.17) is 9.47 Å². The van der Waals surface area contributed by atoms with E-state index in [0.29, 0.717) is 34.6 Å². The molecule has 0 aromatic heterocycles. The van der Waals surface area contributed by atoms with E-state index in [0.717, 1.165) is 29.5 Å². The molecule has 0 aliphatic carbocycles. The van der Waals surface area contributed by atoms with E-state index < -0.39 is 17.1 Å². The second-order valence-electron chi connectivity index (χ2n) is 6.75. The summed E-state index contributed by atoms with van der Waals surface area (Å²) in [5.41, 5.74) is 0.568. The summed E-state index contributed by atoms with van der Waals surface area (Å²) in [5.74, 6) is -0.641. The number of rotatable bonds is 7. The van der Waals surface area contributed by atoms with Crippen LogP contribution in [0.5, 0.6) is 11.5 Å². The highest BCUT2D eigenvalue weighted by atomic mass is 79.9. The summed E-state index contributed by atoms with van der Waals surface area (Å²) in [4.78, 5) is 51.6. The highest BCUT2D eigenvalue weighted by Crippen LogP contribution is 2.38. The predicted molar refractivity (Wildman–Crippen MR) is 117 cm³/mol. The minimum atomic E-state index is -0.542. The van der Waals surface area contributed by atoms with E-state index in [9.17, 15) is 19.2 Å². The Kier molecular flexibility index (Phi) is 7.60. The van der Waals surface area contributed by atoms with E-state index in [-0.39, 0.29) is 24.0 Å². The van der Waals surface area contributed by atoms with E-state index in [2.05, 4.69) is 20.7 Å². The first kappa shape index (κ1) is 23.1. The Morgan fingerprint density at radius 2 is 1.87 bits per heavy atom. The number of esters is 1. The Morgan fingerprint density at radius 3 is 2.52 bits per heavy atom. The number of amides is 3. The maximum Gasteiger partial charge on any atom is 0.343 e. The quantitative estimate of drug-likeness (QED) is 0.405. The Hall–Kier alpha value is -2.53. The molecule has 1 aromatic rings. The van der Waals surface area contributed by atoms with Crippen molar-refractivity contribution in [1.82, 2.24) is 9.80 Å². The molecule has 0 spiro atoms. The molecule has 0 saturated carbocycles. The average Bonchev–Trinajstić information content (AvgIpc) is 3.38. The van der Waals surface area contributed by atoms with Crippen molar-refractivity contribution in [2.75, 3.05) is 40.5 Å². The fourth-order valence-electron chi connectivity index (χ4n) is 3.11. The van der Waals surface area contributed by atoms with Gasteiger partial charge in [0.05, 0.1) is 19.1 Å². The molecule has 31 heavy (non-hydrogen) atoms. The average molecular weight is 513 g/mol. The minimum Gasteiger partial charge on any atom is -0.493 e. The lowest BCUT2D eigenvalue weighted by molar-refractivity contribution is -0.143. The molecular weight excluding hydrogens is 492 g/mol. The van der Waals surface area contributed by atoms with Gasteiger partial charge in [-0.3, -0.25) is 19.3 Å². The van der Waals surface area contributed by atoms with Crippen LogP contribution in [0.25, 0.3) is 6.08 Å². The Morgan fingerprint density at radius 1 is 1.16 bits per heavy atom. The van der Waals surface area contributed by atoms with E-state index in [1.165, 1.54) is 14.2 Å². The number of benzene rings is 1. The number of carbonyl (C=O) groups excluding carboxylic acids is 4. The lowest BCUT2D eigenvalue weighted by Gasteiger charge is -2.18. The largest absolute Gasteiger partial charge is 0.493 e. The number of ether oxygens (including phenoxy) is 3. The van der Waals surface area contributed by atoms with Crippen molar-refractivity contribution in [3.63, 3.8) is 0 Å². The molecular formula is C20H21BrN2O7S. The first-order valence-electron chi connectivity index (χ1n) is 9.44. The molecule has 0 bridgehead atoms. The van der Waals surface area contributed by atoms with Gasteiger partial charge in [-0.1, -0.05) is 15.9 Å². The predicted octanol–water partition coefficient (Wildman–Crippen LogP) is 2.67. The van der Waals surface area contributed by atoms with Gasteiger partial charge in [-0.15, -0.1) is 0 Å². The van der Waals surface area contributed by atoms with Gasteiger partial charge in [0.2, 0.25) is 5.91 Å². The molecule has 2 aliphatic heterocycles. The zero-order valence-corrected chi connectivity index (χ0v) is 19.4. The van der Waals surface area contributed by atoms with Gasteiger partial charge in [0.25, 0.3) is 11.1 Å². The van der Waals surface area contributed by atoms with Crippen molar-refractivity contribution < 1.29 is 33.4 Å². The second-order valence-corrected chi connectivity index (χ2v) is 8.59. The number of hydrogen-bond acceptors (Lipinski definition) is 8. The third kappa shape index (κ3) is 5.40. The first-order valence-corrected chi connectivity index (χ1v) is 11.0. The van der Waals surface area contributed by atoms with Crippen molar-refractivity contribution in [3.8, 4) is 11.5 Å². The van der Waals surface area contributed by atoms with Crippen LogP contribution in [-0.2, 0) is 19.1 Å². The maximum absolute atomic E-state index is 12.7. The van der Waals surface area contributed by atoms with Gasteiger partial charge in [-0.05, 0) is 48.4 Å². The number of nitrogens with zero attached hydrogens (tertiary/aromatic N) is 2. The summed E-state index contributed by atoms with van der Waals surface area (Å²) < 4.78 is 15.8. The zero-order valence-electron chi connectivity index (χ0n) is 17.0. The monoisotopic (exact) mass is 512 g/mol. The van der Waals surface area contributed by atoms with Gasteiger partial charge in [0.15, 0.2) is 18.1 Å². The van der Waals surface area contributed by atoms with Gasteiger partial charge in [0.1, 0.15) is 6.54 Å². The van der Waals surface area contributed by atoms with Crippen LogP contribution in [0.2, 0.25) is 0 Å². The molecule has 11 heteroatoms.